The van der Waals surface area contributed by atoms with E-state index in [1.54, 1.807) is 14.0 Å². The van der Waals surface area contributed by atoms with Gasteiger partial charge in [-0.1, -0.05) is 0 Å². The molecule has 15 heavy (non-hydrogen) atoms. The molecule has 0 spiro atoms. The molecule has 86 valence electrons. The van der Waals surface area contributed by atoms with Crippen LogP contribution in [0, 0.1) is 16.7 Å². The number of methoxy groups -OCH3 is 1. The van der Waals surface area contributed by atoms with E-state index in [-0.39, 0.29) is 5.78 Å². The zero-order valence-electron chi connectivity index (χ0n) is 9.71. The summed E-state index contributed by atoms with van der Waals surface area (Å²) in [5.74, 6) is -0.106. The lowest BCUT2D eigenvalue weighted by Gasteiger charge is -2.17. The zero-order chi connectivity index (χ0) is 11.7. The van der Waals surface area contributed by atoms with Gasteiger partial charge in [0.25, 0.3) is 0 Å². The third-order valence-corrected chi connectivity index (χ3v) is 2.41. The third-order valence-electron chi connectivity index (χ3n) is 2.41. The summed E-state index contributed by atoms with van der Waals surface area (Å²) >= 11 is 0. The molecule has 0 fully saturated rings. The second-order valence-corrected chi connectivity index (χ2v) is 3.71. The van der Waals surface area contributed by atoms with Gasteiger partial charge in [0, 0.05) is 26.9 Å². The normalized spacial score (nSPS) is 14.3. The Morgan fingerprint density at radius 3 is 2.53 bits per heavy atom. The maximum absolute atomic E-state index is 11.2. The SMILES string of the molecule is COCCCOCCC(C)(C#N)C(C)=O. The van der Waals surface area contributed by atoms with E-state index < -0.39 is 5.41 Å². The molecule has 1 atom stereocenters. The van der Waals surface area contributed by atoms with Crippen molar-refractivity contribution in [2.24, 2.45) is 5.41 Å². The number of carbonyl (C=O) groups is 1. The first kappa shape index (κ1) is 14.1. The van der Waals surface area contributed by atoms with Gasteiger partial charge in [-0.25, -0.2) is 0 Å². The number of carbonyl (C=O) groups excluding carboxylic acids is 1. The molecule has 0 bridgehead atoms. The Kier molecular flexibility index (Phi) is 6.93. The minimum Gasteiger partial charge on any atom is -0.385 e. The van der Waals surface area contributed by atoms with Gasteiger partial charge in [-0.05, 0) is 26.7 Å². The first-order valence-electron chi connectivity index (χ1n) is 5.06. The van der Waals surface area contributed by atoms with Gasteiger partial charge in [0.15, 0.2) is 0 Å². The Bertz CT molecular complexity index is 234. The summed E-state index contributed by atoms with van der Waals surface area (Å²) in [5.41, 5.74) is -0.902. The monoisotopic (exact) mass is 213 g/mol. The molecule has 0 saturated carbocycles. The zero-order valence-corrected chi connectivity index (χ0v) is 9.71. The molecule has 4 heteroatoms. The molecule has 0 N–H and O–H groups in total. The van der Waals surface area contributed by atoms with Crippen LogP contribution in [0.5, 0.6) is 0 Å². The average Bonchev–Trinajstić information content (AvgIpc) is 2.22. The van der Waals surface area contributed by atoms with E-state index in [1.807, 2.05) is 6.07 Å². The molecule has 0 aliphatic rings. The molecule has 0 aromatic rings. The van der Waals surface area contributed by atoms with Crippen LogP contribution in [0.25, 0.3) is 0 Å². The van der Waals surface area contributed by atoms with Gasteiger partial charge in [0.05, 0.1) is 6.07 Å². The van der Waals surface area contributed by atoms with Crippen LogP contribution >= 0.6 is 0 Å². The summed E-state index contributed by atoms with van der Waals surface area (Å²) in [7, 11) is 1.64. The number of nitrogens with zero attached hydrogens (tertiary/aromatic N) is 1. The van der Waals surface area contributed by atoms with Gasteiger partial charge >= 0.3 is 0 Å². The topological polar surface area (TPSA) is 59.3 Å². The Morgan fingerprint density at radius 2 is 2.07 bits per heavy atom. The van der Waals surface area contributed by atoms with E-state index in [4.69, 9.17) is 14.7 Å². The van der Waals surface area contributed by atoms with Gasteiger partial charge in [-0.2, -0.15) is 5.26 Å². The Balaban J connectivity index is 3.66. The fraction of sp³-hybridized carbons (Fsp3) is 0.818. The molecule has 0 aromatic heterocycles. The van der Waals surface area contributed by atoms with Crippen LogP contribution in [0.15, 0.2) is 0 Å². The van der Waals surface area contributed by atoms with Crippen molar-refractivity contribution < 1.29 is 14.3 Å². The quantitative estimate of drug-likeness (QED) is 0.574. The highest BCUT2D eigenvalue weighted by Gasteiger charge is 2.29. The lowest BCUT2D eigenvalue weighted by Crippen LogP contribution is -2.25. The highest BCUT2D eigenvalue weighted by molar-refractivity contribution is 5.84. The smallest absolute Gasteiger partial charge is 0.149 e. The van der Waals surface area contributed by atoms with Crippen LogP contribution in [0.1, 0.15) is 26.7 Å². The van der Waals surface area contributed by atoms with Gasteiger partial charge < -0.3 is 9.47 Å². The molecule has 0 radical (unpaired) electrons. The van der Waals surface area contributed by atoms with E-state index in [0.717, 1.165) is 6.42 Å². The first-order valence-corrected chi connectivity index (χ1v) is 5.06. The first-order chi connectivity index (χ1) is 7.06. The second-order valence-electron chi connectivity index (χ2n) is 3.71. The number of hydrogen-bond donors (Lipinski definition) is 0. The largest absolute Gasteiger partial charge is 0.385 e. The Hall–Kier alpha value is -0.920. The van der Waals surface area contributed by atoms with Crippen LogP contribution in [0.2, 0.25) is 0 Å². The molecule has 1 unspecified atom stereocenters. The highest BCUT2D eigenvalue weighted by Crippen LogP contribution is 2.21. The number of Topliss-reactive ketones (excluding diaryl/α,β-unsaturated/α-hetero) is 1. The lowest BCUT2D eigenvalue weighted by atomic mass is 9.85. The maximum atomic E-state index is 11.2. The average molecular weight is 213 g/mol. The van der Waals surface area contributed by atoms with Crippen molar-refractivity contribution in [1.82, 2.24) is 0 Å². The summed E-state index contributed by atoms with van der Waals surface area (Å²) in [4.78, 5) is 11.2. The van der Waals surface area contributed by atoms with Crippen molar-refractivity contribution in [3.63, 3.8) is 0 Å². The predicted octanol–water partition coefficient (Wildman–Crippen LogP) is 1.55. The van der Waals surface area contributed by atoms with Crippen LogP contribution in [0.4, 0.5) is 0 Å². The summed E-state index contributed by atoms with van der Waals surface area (Å²) in [6.45, 7) is 4.80. The van der Waals surface area contributed by atoms with Crippen LogP contribution in [0.3, 0.4) is 0 Å². The van der Waals surface area contributed by atoms with Crippen LogP contribution in [-0.4, -0.2) is 32.7 Å². The van der Waals surface area contributed by atoms with E-state index >= 15 is 0 Å². The minimum absolute atomic E-state index is 0.106. The number of ether oxygens (including phenoxy) is 2. The predicted molar refractivity (Wildman–Crippen MR) is 56.3 cm³/mol. The molecular weight excluding hydrogens is 194 g/mol. The molecule has 0 saturated heterocycles. The number of ketones is 1. The second kappa shape index (κ2) is 7.38. The summed E-state index contributed by atoms with van der Waals surface area (Å²) in [6.07, 6.45) is 1.28. The van der Waals surface area contributed by atoms with Gasteiger partial charge in [0.2, 0.25) is 0 Å². The molecule has 0 amide bonds. The van der Waals surface area contributed by atoms with Crippen molar-refractivity contribution in [2.75, 3.05) is 26.9 Å². The lowest BCUT2D eigenvalue weighted by molar-refractivity contribution is -0.123. The third kappa shape index (κ3) is 5.50. The van der Waals surface area contributed by atoms with Gasteiger partial charge in [0.1, 0.15) is 11.2 Å². The summed E-state index contributed by atoms with van der Waals surface area (Å²) in [6, 6.07) is 2.03. The van der Waals surface area contributed by atoms with E-state index in [1.165, 1.54) is 6.92 Å². The van der Waals surface area contributed by atoms with Gasteiger partial charge in [-0.15, -0.1) is 0 Å². The summed E-state index contributed by atoms with van der Waals surface area (Å²) in [5, 5.41) is 8.85. The Morgan fingerprint density at radius 1 is 1.40 bits per heavy atom. The molecule has 0 rings (SSSR count). The van der Waals surface area contributed by atoms with Crippen LogP contribution in [-0.2, 0) is 14.3 Å². The van der Waals surface area contributed by atoms with Crippen molar-refractivity contribution in [1.29, 1.82) is 5.26 Å². The molecule has 4 nitrogen and oxygen atoms in total. The van der Waals surface area contributed by atoms with Gasteiger partial charge in [-0.3, -0.25) is 4.79 Å². The Labute approximate surface area is 91.2 Å². The fourth-order valence-corrected chi connectivity index (χ4v) is 0.994. The van der Waals surface area contributed by atoms with E-state index in [9.17, 15) is 4.79 Å². The van der Waals surface area contributed by atoms with Crippen molar-refractivity contribution in [3.05, 3.63) is 0 Å². The van der Waals surface area contributed by atoms with Crippen molar-refractivity contribution >= 4 is 5.78 Å². The van der Waals surface area contributed by atoms with E-state index in [2.05, 4.69) is 0 Å². The molecule has 0 aliphatic carbocycles. The van der Waals surface area contributed by atoms with Crippen molar-refractivity contribution in [2.45, 2.75) is 26.7 Å². The number of rotatable bonds is 8. The molecule has 0 aliphatic heterocycles. The number of hydrogen-bond acceptors (Lipinski definition) is 4. The minimum atomic E-state index is -0.902. The van der Waals surface area contributed by atoms with Crippen molar-refractivity contribution in [3.8, 4) is 6.07 Å². The summed E-state index contributed by atoms with van der Waals surface area (Å²) < 4.78 is 10.2. The molecular formula is C11H19NO3. The highest BCUT2D eigenvalue weighted by atomic mass is 16.5. The van der Waals surface area contributed by atoms with Crippen LogP contribution < -0.4 is 0 Å². The molecule has 0 heterocycles. The number of nitriles is 1. The fourth-order valence-electron chi connectivity index (χ4n) is 0.994. The standard InChI is InChI=1S/C11H19NO3/c1-10(13)11(2,9-12)5-8-15-7-4-6-14-3/h4-8H2,1-3H3. The maximum Gasteiger partial charge on any atom is 0.149 e. The van der Waals surface area contributed by atoms with E-state index in [0.29, 0.717) is 26.2 Å². The molecule has 0 aromatic carbocycles.